The quantitative estimate of drug-likeness (QED) is 0.618. The molecule has 0 radical (unpaired) electrons. The van der Waals surface area contributed by atoms with E-state index in [2.05, 4.69) is 21.1 Å². The molecule has 0 fully saturated rings. The number of carbonyl (C=O) groups is 2. The maximum absolute atomic E-state index is 12.0. The Kier molecular flexibility index (Phi) is 5.30. The van der Waals surface area contributed by atoms with Gasteiger partial charge in [0.15, 0.2) is 0 Å². The lowest BCUT2D eigenvalue weighted by Gasteiger charge is -2.45. The van der Waals surface area contributed by atoms with Crippen molar-refractivity contribution < 1.29 is 37.8 Å². The van der Waals surface area contributed by atoms with E-state index in [4.69, 9.17) is 23.7 Å². The second-order valence-electron chi connectivity index (χ2n) is 7.35. The van der Waals surface area contributed by atoms with E-state index in [1.54, 1.807) is 48.5 Å². The highest BCUT2D eigenvalue weighted by molar-refractivity contribution is 6.61. The van der Waals surface area contributed by atoms with Crippen molar-refractivity contribution in [2.45, 2.75) is 0 Å². The largest absolute Gasteiger partial charge is 0.781 e. The fraction of sp³-hybridized carbons (Fsp3) is 0.263. The number of likely N-dealkylation sites (N-methyl/N-ethyl adjacent to an activating group) is 1. The van der Waals surface area contributed by atoms with Gasteiger partial charge in [0.25, 0.3) is 0 Å². The zero-order chi connectivity index (χ0) is 20.4. The lowest BCUT2D eigenvalue weighted by Crippen LogP contribution is -2.61. The lowest BCUT2D eigenvalue weighted by molar-refractivity contribution is -0.870. The summed E-state index contributed by atoms with van der Waals surface area (Å²) in [6, 6.07) is 13.0. The lowest BCUT2D eigenvalue weighted by atomic mass is 9.96. The summed E-state index contributed by atoms with van der Waals surface area (Å²) in [5.41, 5.74) is 0.506. The Balaban J connectivity index is 0.000000279. The van der Waals surface area contributed by atoms with Gasteiger partial charge in [0.05, 0.1) is 50.4 Å². The minimum absolute atomic E-state index is 0.251. The highest BCUT2D eigenvalue weighted by Gasteiger charge is 2.52. The van der Waals surface area contributed by atoms with Crippen molar-refractivity contribution in [1.82, 2.24) is 0 Å². The topological polar surface area (TPSA) is 91.3 Å². The minimum Gasteiger partial charge on any atom is -0.610 e. The van der Waals surface area contributed by atoms with E-state index in [0.717, 1.165) is 11.0 Å². The summed E-state index contributed by atoms with van der Waals surface area (Å²) in [7, 11) is 6.16. The van der Waals surface area contributed by atoms with Gasteiger partial charge in [-0.1, -0.05) is 24.3 Å². The van der Waals surface area contributed by atoms with Crippen LogP contribution in [0.1, 0.15) is 20.7 Å². The first-order valence-electron chi connectivity index (χ1n) is 8.80. The van der Waals surface area contributed by atoms with Crippen LogP contribution < -0.4 is 9.31 Å². The van der Waals surface area contributed by atoms with Crippen molar-refractivity contribution in [3.8, 4) is 11.5 Å². The second kappa shape index (κ2) is 7.53. The van der Waals surface area contributed by atoms with Gasteiger partial charge in [0, 0.05) is 0 Å². The van der Waals surface area contributed by atoms with Crippen molar-refractivity contribution in [2.24, 2.45) is 0 Å². The number of hydrogen-bond acceptors (Lipinski definition) is 7. The van der Waals surface area contributed by atoms with Gasteiger partial charge < -0.3 is 28.2 Å². The third-order valence-corrected chi connectivity index (χ3v) is 4.03. The third kappa shape index (κ3) is 4.27. The maximum Gasteiger partial charge on any atom is 0.781 e. The van der Waals surface area contributed by atoms with E-state index in [0.29, 0.717) is 0 Å². The fourth-order valence-corrected chi connectivity index (χ4v) is 2.62. The molecule has 2 aliphatic heterocycles. The predicted octanol–water partition coefficient (Wildman–Crippen LogP) is 1.61. The van der Waals surface area contributed by atoms with Crippen LogP contribution in [0.5, 0.6) is 11.5 Å². The minimum atomic E-state index is -2.97. The van der Waals surface area contributed by atoms with E-state index in [9.17, 15) is 9.59 Å². The highest BCUT2D eigenvalue weighted by atomic mass is 16.9. The summed E-state index contributed by atoms with van der Waals surface area (Å²) in [6.07, 6.45) is 0. The number of aliphatic hydroxyl groups is 1. The van der Waals surface area contributed by atoms with Crippen LogP contribution in [0.2, 0.25) is 0 Å². The normalized spacial score (nSPS) is 16.3. The molecule has 2 aromatic rings. The van der Waals surface area contributed by atoms with Crippen LogP contribution in [0.25, 0.3) is 0 Å². The molecule has 0 bridgehead atoms. The molecule has 0 atom stereocenters. The summed E-state index contributed by atoms with van der Waals surface area (Å²) in [5.74, 6) is -0.824. The predicted molar refractivity (Wildman–Crippen MR) is 101 cm³/mol. The van der Waals surface area contributed by atoms with Crippen LogP contribution in [0.3, 0.4) is 0 Å². The smallest absolute Gasteiger partial charge is 0.610 e. The molecular weight excluding hydrogens is 365 g/mol. The van der Waals surface area contributed by atoms with E-state index < -0.39 is 18.9 Å². The first-order valence-corrected chi connectivity index (χ1v) is 8.80. The van der Waals surface area contributed by atoms with E-state index in [-0.39, 0.29) is 29.2 Å². The zero-order valence-electron chi connectivity index (χ0n) is 16.0. The molecule has 2 heterocycles. The monoisotopic (exact) mass is 387 g/mol. The Morgan fingerprint density at radius 2 is 1.21 bits per heavy atom. The van der Waals surface area contributed by atoms with Gasteiger partial charge in [-0.25, -0.2) is 0 Å². The van der Waals surface area contributed by atoms with E-state index in [1.165, 1.54) is 0 Å². The molecule has 0 unspecified atom stereocenters. The van der Waals surface area contributed by atoms with Crippen molar-refractivity contribution in [1.29, 1.82) is 0 Å². The van der Waals surface area contributed by atoms with Crippen LogP contribution in [0.4, 0.5) is 0 Å². The van der Waals surface area contributed by atoms with Crippen molar-refractivity contribution in [2.75, 3.05) is 34.3 Å². The van der Waals surface area contributed by atoms with Gasteiger partial charge in [0.1, 0.15) is 6.54 Å². The molecule has 8 nitrogen and oxygen atoms in total. The molecule has 0 aliphatic carbocycles. The Morgan fingerprint density at radius 1 is 0.786 bits per heavy atom. The number of nitrogens with zero attached hydrogens (tertiary/aromatic N) is 1. The number of aliphatic hydroxyl groups excluding tert-OH is 1. The highest BCUT2D eigenvalue weighted by Crippen LogP contribution is 2.35. The average molecular weight is 387 g/mol. The molecule has 0 aromatic heterocycles. The molecule has 1 spiro atoms. The first kappa shape index (κ1) is 19.7. The number of benzene rings is 2. The van der Waals surface area contributed by atoms with Gasteiger partial charge >= 0.3 is 18.9 Å². The molecule has 2 aliphatic rings. The van der Waals surface area contributed by atoms with Crippen molar-refractivity contribution >= 4 is 18.9 Å². The zero-order valence-corrected chi connectivity index (χ0v) is 16.0. The molecule has 0 saturated heterocycles. The van der Waals surface area contributed by atoms with Crippen LogP contribution in [0.15, 0.2) is 48.5 Å². The molecule has 2 aromatic carbocycles. The summed E-state index contributed by atoms with van der Waals surface area (Å²) in [6.45, 7) is -1.86. The number of rotatable bonds is 2. The molecular formula is C19H22BNO7. The molecule has 28 heavy (non-hydrogen) atoms. The standard InChI is InChI=1S/C14H8BO6.C5H14NO/c16-13-9-5-1-3-7-11(9)18-15(20-13)19-12-8-4-2-6-10(12)14(17)21-15;1-6(2,3)4-5-7/h1-8H;7H,4-5H2,1-3H3/q-1;+1. The molecule has 9 heteroatoms. The Morgan fingerprint density at radius 3 is 1.57 bits per heavy atom. The van der Waals surface area contributed by atoms with Crippen LogP contribution in [-0.4, -0.2) is 62.8 Å². The maximum atomic E-state index is 12.0. The number of quaternary nitrogens is 1. The second-order valence-corrected chi connectivity index (χ2v) is 7.35. The van der Waals surface area contributed by atoms with E-state index in [1.807, 2.05) is 0 Å². The summed E-state index contributed by atoms with van der Waals surface area (Å²) >= 11 is 0. The molecule has 4 rings (SSSR count). The first-order chi connectivity index (χ1) is 13.2. The third-order valence-electron chi connectivity index (χ3n) is 4.03. The fourth-order valence-electron chi connectivity index (χ4n) is 2.62. The van der Waals surface area contributed by atoms with Crippen LogP contribution in [0, 0.1) is 0 Å². The number of fused-ring (bicyclic) bond motifs is 2. The molecule has 0 amide bonds. The van der Waals surface area contributed by atoms with Gasteiger partial charge in [-0.05, 0) is 24.3 Å². The van der Waals surface area contributed by atoms with Gasteiger partial charge in [-0.3, -0.25) is 9.59 Å². The molecule has 0 saturated carbocycles. The average Bonchev–Trinajstić information content (AvgIpc) is 2.61. The SMILES string of the molecule is C[N+](C)(C)CCO.O=C1O[B-]2(OC(=O)c3ccccc3O2)Oc2ccccc21. The van der Waals surface area contributed by atoms with Gasteiger partial charge in [0.2, 0.25) is 0 Å². The van der Waals surface area contributed by atoms with Crippen LogP contribution in [-0.2, 0) is 9.31 Å². The van der Waals surface area contributed by atoms with E-state index >= 15 is 0 Å². The van der Waals surface area contributed by atoms with Crippen molar-refractivity contribution in [3.05, 3.63) is 59.7 Å². The summed E-state index contributed by atoms with van der Waals surface area (Å²) in [4.78, 5) is 24.0. The Hall–Kier alpha value is -3.04. The number of hydrogen-bond donors (Lipinski definition) is 1. The van der Waals surface area contributed by atoms with Gasteiger partial charge in [-0.2, -0.15) is 0 Å². The Bertz CT molecular complexity index is 828. The molecule has 1 N–H and O–H groups in total. The summed E-state index contributed by atoms with van der Waals surface area (Å²) < 4.78 is 22.1. The Labute approximate surface area is 162 Å². The summed E-state index contributed by atoms with van der Waals surface area (Å²) in [5, 5.41) is 8.39. The number of carbonyl (C=O) groups excluding carboxylic acids is 2. The van der Waals surface area contributed by atoms with Gasteiger partial charge in [-0.15, -0.1) is 0 Å². The van der Waals surface area contributed by atoms with Crippen LogP contribution >= 0.6 is 0 Å². The number of para-hydroxylation sites is 2. The van der Waals surface area contributed by atoms with Crippen molar-refractivity contribution in [3.63, 3.8) is 0 Å². The molecule has 148 valence electrons.